The summed E-state index contributed by atoms with van der Waals surface area (Å²) in [5.74, 6) is -0.840. The van der Waals surface area contributed by atoms with Gasteiger partial charge >= 0.3 is 5.97 Å². The van der Waals surface area contributed by atoms with Gasteiger partial charge < -0.3 is 10.4 Å². The number of hydrogen-bond acceptors (Lipinski definition) is 4. The molecule has 0 aliphatic rings. The minimum Gasteiger partial charge on any atom is -0.478 e. The van der Waals surface area contributed by atoms with Gasteiger partial charge in [-0.3, -0.25) is 10.9 Å². The molecule has 0 spiro atoms. The van der Waals surface area contributed by atoms with Crippen molar-refractivity contribution in [2.24, 2.45) is 0 Å². The lowest BCUT2D eigenvalue weighted by molar-refractivity contribution is 0.0696. The largest absolute Gasteiger partial charge is 0.478 e. The topological polar surface area (TPSA) is 86.3 Å². The number of fused-ring (bicyclic) bond motifs is 1. The van der Waals surface area contributed by atoms with Gasteiger partial charge in [0.15, 0.2) is 10.9 Å². The van der Waals surface area contributed by atoms with Crippen molar-refractivity contribution in [2.75, 3.05) is 10.7 Å². The summed E-state index contributed by atoms with van der Waals surface area (Å²) in [5, 5.41) is 14.8. The molecule has 1 aromatic heterocycles. The Hall–Kier alpha value is -3.68. The van der Waals surface area contributed by atoms with Crippen molar-refractivity contribution in [2.45, 2.75) is 0 Å². The highest BCUT2D eigenvalue weighted by Crippen LogP contribution is 2.34. The van der Waals surface area contributed by atoms with Crippen LogP contribution in [0.3, 0.4) is 0 Å². The van der Waals surface area contributed by atoms with E-state index in [-0.39, 0.29) is 16.4 Å². The first-order valence-electron chi connectivity index (χ1n) is 9.32. The Morgan fingerprint density at radius 3 is 2.48 bits per heavy atom. The zero-order valence-electron chi connectivity index (χ0n) is 16.1. The summed E-state index contributed by atoms with van der Waals surface area (Å²) in [6.45, 7) is 0. The van der Waals surface area contributed by atoms with Crippen molar-refractivity contribution in [1.29, 1.82) is 0 Å². The molecule has 6 nitrogen and oxygen atoms in total. The molecule has 0 aliphatic carbocycles. The lowest BCUT2D eigenvalue weighted by Gasteiger charge is -2.18. The number of halogens is 1. The average Bonchev–Trinajstić information content (AvgIpc) is 2.79. The third-order valence-corrected chi connectivity index (χ3v) is 5.13. The predicted molar refractivity (Wildman–Crippen MR) is 129 cm³/mol. The molecule has 0 atom stereocenters. The quantitative estimate of drug-likeness (QED) is 0.234. The normalized spacial score (nSPS) is 10.5. The number of carboxylic acids is 1. The highest BCUT2D eigenvalue weighted by atomic mass is 35.5. The lowest BCUT2D eigenvalue weighted by Crippen LogP contribution is -2.34. The fourth-order valence-corrected chi connectivity index (χ4v) is 3.54. The van der Waals surface area contributed by atoms with E-state index in [1.165, 1.54) is 12.3 Å². The van der Waals surface area contributed by atoms with E-state index in [1.54, 1.807) is 0 Å². The van der Waals surface area contributed by atoms with Crippen LogP contribution in [0.15, 0.2) is 79.0 Å². The monoisotopic (exact) mass is 448 g/mol. The summed E-state index contributed by atoms with van der Waals surface area (Å²) in [6.07, 6.45) is 1.22. The van der Waals surface area contributed by atoms with Crippen LogP contribution in [-0.4, -0.2) is 21.2 Å². The number of aromatic nitrogens is 1. The van der Waals surface area contributed by atoms with Crippen molar-refractivity contribution in [1.82, 2.24) is 10.4 Å². The standard InChI is InChI=1S/C23H17ClN4O2S/c24-19-12-16(22(29)30)13-25-21(19)27-28-23(31)26-20-17-9-5-4-8-15(17)10-11-18(20)14-6-2-1-3-7-14/h1-13H,(H,25,27)(H,29,30)(H2,26,28,31). The van der Waals surface area contributed by atoms with E-state index >= 15 is 0 Å². The van der Waals surface area contributed by atoms with E-state index in [9.17, 15) is 4.79 Å². The van der Waals surface area contributed by atoms with E-state index < -0.39 is 5.97 Å². The smallest absolute Gasteiger partial charge is 0.337 e. The Morgan fingerprint density at radius 1 is 1.00 bits per heavy atom. The maximum atomic E-state index is 11.0. The van der Waals surface area contributed by atoms with Crippen molar-refractivity contribution in [3.8, 4) is 11.1 Å². The first-order chi connectivity index (χ1) is 15.0. The third kappa shape index (κ3) is 4.58. The number of rotatable bonds is 5. The third-order valence-electron chi connectivity index (χ3n) is 4.63. The molecule has 0 saturated carbocycles. The van der Waals surface area contributed by atoms with Crippen LogP contribution in [-0.2, 0) is 0 Å². The second-order valence-corrected chi connectivity index (χ2v) is 7.45. The number of benzene rings is 3. The molecule has 4 rings (SSSR count). The van der Waals surface area contributed by atoms with Crippen LogP contribution in [0.1, 0.15) is 10.4 Å². The van der Waals surface area contributed by atoms with Gasteiger partial charge in [0.05, 0.1) is 16.3 Å². The number of thiocarbonyl (C=S) groups is 1. The van der Waals surface area contributed by atoms with Crippen molar-refractivity contribution >= 4 is 57.2 Å². The summed E-state index contributed by atoms with van der Waals surface area (Å²) in [5.41, 5.74) is 8.60. The van der Waals surface area contributed by atoms with Gasteiger partial charge in [0.2, 0.25) is 0 Å². The summed E-state index contributed by atoms with van der Waals surface area (Å²) in [4.78, 5) is 15.0. The average molecular weight is 449 g/mol. The number of pyridine rings is 1. The van der Waals surface area contributed by atoms with Crippen LogP contribution in [0.4, 0.5) is 11.5 Å². The maximum Gasteiger partial charge on any atom is 0.337 e. The molecule has 0 fully saturated rings. The summed E-state index contributed by atoms with van der Waals surface area (Å²) in [7, 11) is 0. The number of nitrogens with zero attached hydrogens (tertiary/aromatic N) is 1. The van der Waals surface area contributed by atoms with Crippen LogP contribution >= 0.6 is 23.8 Å². The second kappa shape index (κ2) is 8.99. The molecule has 4 N–H and O–H groups in total. The Labute approximate surface area is 188 Å². The van der Waals surface area contributed by atoms with Gasteiger partial charge in [0.25, 0.3) is 0 Å². The molecule has 0 unspecified atom stereocenters. The molecule has 3 aromatic carbocycles. The minimum absolute atomic E-state index is 0.000454. The van der Waals surface area contributed by atoms with Gasteiger partial charge in [-0.15, -0.1) is 0 Å². The Morgan fingerprint density at radius 2 is 1.74 bits per heavy atom. The van der Waals surface area contributed by atoms with Gasteiger partial charge in [-0.1, -0.05) is 78.3 Å². The number of hydrazine groups is 1. The fourth-order valence-electron chi connectivity index (χ4n) is 3.17. The van der Waals surface area contributed by atoms with Crippen LogP contribution in [0, 0.1) is 0 Å². The fraction of sp³-hybridized carbons (Fsp3) is 0. The van der Waals surface area contributed by atoms with Crippen molar-refractivity contribution in [3.05, 3.63) is 89.6 Å². The second-order valence-electron chi connectivity index (χ2n) is 6.64. The number of carboxylic acid groups (broad SMARTS) is 1. The Bertz CT molecular complexity index is 1280. The van der Waals surface area contributed by atoms with Crippen LogP contribution < -0.4 is 16.2 Å². The summed E-state index contributed by atoms with van der Waals surface area (Å²) >= 11 is 11.6. The summed E-state index contributed by atoms with van der Waals surface area (Å²) in [6, 6.07) is 23.5. The number of nitrogens with one attached hydrogen (secondary N) is 3. The number of carbonyl (C=O) groups is 1. The molecule has 8 heteroatoms. The lowest BCUT2D eigenvalue weighted by atomic mass is 9.98. The molecule has 0 radical (unpaired) electrons. The Balaban J connectivity index is 1.59. The van der Waals surface area contributed by atoms with Crippen LogP contribution in [0.5, 0.6) is 0 Å². The van der Waals surface area contributed by atoms with Crippen LogP contribution in [0.25, 0.3) is 21.9 Å². The first-order valence-corrected chi connectivity index (χ1v) is 10.1. The molecular formula is C23H17ClN4O2S. The molecule has 0 amide bonds. The first kappa shape index (κ1) is 20.6. The van der Waals surface area contributed by atoms with Crippen molar-refractivity contribution < 1.29 is 9.90 Å². The molecule has 0 saturated heterocycles. The molecule has 4 aromatic rings. The van der Waals surface area contributed by atoms with Crippen molar-refractivity contribution in [3.63, 3.8) is 0 Å². The molecule has 0 aliphatic heterocycles. The summed E-state index contributed by atoms with van der Waals surface area (Å²) < 4.78 is 0. The van der Waals surface area contributed by atoms with E-state index in [4.69, 9.17) is 28.9 Å². The van der Waals surface area contributed by atoms with E-state index in [0.29, 0.717) is 5.11 Å². The zero-order valence-corrected chi connectivity index (χ0v) is 17.7. The van der Waals surface area contributed by atoms with Gasteiger partial charge in [0, 0.05) is 17.1 Å². The zero-order chi connectivity index (χ0) is 21.8. The van der Waals surface area contributed by atoms with Gasteiger partial charge in [-0.25, -0.2) is 9.78 Å². The Kier molecular flexibility index (Phi) is 5.97. The highest BCUT2D eigenvalue weighted by Gasteiger charge is 2.12. The molecule has 0 bridgehead atoms. The van der Waals surface area contributed by atoms with E-state index in [1.807, 2.05) is 54.6 Å². The van der Waals surface area contributed by atoms with Gasteiger partial charge in [-0.05, 0) is 29.2 Å². The predicted octanol–water partition coefficient (Wildman–Crippen LogP) is 5.57. The highest BCUT2D eigenvalue weighted by molar-refractivity contribution is 7.80. The van der Waals surface area contributed by atoms with E-state index in [2.05, 4.69) is 33.3 Å². The van der Waals surface area contributed by atoms with Crippen LogP contribution in [0.2, 0.25) is 5.02 Å². The molecule has 1 heterocycles. The maximum absolute atomic E-state index is 11.0. The molecular weight excluding hydrogens is 432 g/mol. The number of hydrogen-bond donors (Lipinski definition) is 4. The molecule has 31 heavy (non-hydrogen) atoms. The number of aromatic carboxylic acids is 1. The van der Waals surface area contributed by atoms with E-state index in [0.717, 1.165) is 27.6 Å². The number of anilines is 2. The van der Waals surface area contributed by atoms with Gasteiger partial charge in [0.1, 0.15) is 0 Å². The SMILES string of the molecule is O=C(O)c1cnc(NNC(=S)Nc2c(-c3ccccc3)ccc3ccccc23)c(Cl)c1. The minimum atomic E-state index is -1.10. The van der Waals surface area contributed by atoms with Gasteiger partial charge in [-0.2, -0.15) is 0 Å². The molecule has 154 valence electrons.